The van der Waals surface area contributed by atoms with E-state index in [1.807, 2.05) is 13.1 Å². The summed E-state index contributed by atoms with van der Waals surface area (Å²) in [6, 6.07) is 15.1. The smallest absolute Gasteiger partial charge is 0.0412 e. The van der Waals surface area contributed by atoms with Crippen LogP contribution in [-0.4, -0.2) is 7.05 Å². The van der Waals surface area contributed by atoms with Crippen molar-refractivity contribution in [2.24, 2.45) is 0 Å². The Morgan fingerprint density at radius 3 is 2.70 bits per heavy atom. The van der Waals surface area contributed by atoms with E-state index in [1.165, 1.54) is 41.5 Å². The Labute approximate surface area is 126 Å². The molecule has 0 saturated heterocycles. The van der Waals surface area contributed by atoms with Gasteiger partial charge in [-0.15, -0.1) is 0 Å². The highest BCUT2D eigenvalue weighted by Gasteiger charge is 2.19. The Morgan fingerprint density at radius 1 is 1.15 bits per heavy atom. The molecule has 2 aromatic carbocycles. The molecule has 2 aromatic rings. The second kappa shape index (κ2) is 5.99. The number of halogens is 1. The van der Waals surface area contributed by atoms with E-state index in [-0.39, 0.29) is 0 Å². The molecule has 20 heavy (non-hydrogen) atoms. The van der Waals surface area contributed by atoms with Crippen LogP contribution in [0.5, 0.6) is 0 Å². The highest BCUT2D eigenvalue weighted by Crippen LogP contribution is 2.38. The summed E-state index contributed by atoms with van der Waals surface area (Å²) < 4.78 is 0. The molecule has 0 amide bonds. The van der Waals surface area contributed by atoms with Gasteiger partial charge in [0, 0.05) is 11.6 Å². The van der Waals surface area contributed by atoms with Gasteiger partial charge in [0.1, 0.15) is 0 Å². The van der Waals surface area contributed by atoms with Gasteiger partial charge in [0.15, 0.2) is 0 Å². The van der Waals surface area contributed by atoms with Gasteiger partial charge in [-0.3, -0.25) is 0 Å². The zero-order valence-electron chi connectivity index (χ0n) is 11.8. The van der Waals surface area contributed by atoms with E-state index in [2.05, 4.69) is 41.7 Å². The highest BCUT2D eigenvalue weighted by molar-refractivity contribution is 6.30. The summed E-state index contributed by atoms with van der Waals surface area (Å²) in [6.45, 7) is 0.861. The van der Waals surface area contributed by atoms with Crippen molar-refractivity contribution in [3.63, 3.8) is 0 Å². The van der Waals surface area contributed by atoms with Crippen LogP contribution in [0.15, 0.2) is 42.5 Å². The van der Waals surface area contributed by atoms with E-state index in [4.69, 9.17) is 11.6 Å². The van der Waals surface area contributed by atoms with Crippen molar-refractivity contribution in [3.05, 3.63) is 58.6 Å². The molecular formula is C18H20ClN. The maximum absolute atomic E-state index is 6.19. The van der Waals surface area contributed by atoms with Gasteiger partial charge in [-0.1, -0.05) is 48.4 Å². The fourth-order valence-electron chi connectivity index (χ4n) is 2.86. The third-order valence-electron chi connectivity index (χ3n) is 4.21. The molecule has 0 unspecified atom stereocenters. The van der Waals surface area contributed by atoms with Gasteiger partial charge in [0.25, 0.3) is 0 Å². The molecule has 1 fully saturated rings. The van der Waals surface area contributed by atoms with E-state index < -0.39 is 0 Å². The van der Waals surface area contributed by atoms with Crippen LogP contribution >= 0.6 is 11.6 Å². The molecule has 0 radical (unpaired) electrons. The molecule has 1 nitrogen and oxygen atoms in total. The molecule has 0 atom stereocenters. The number of rotatable bonds is 4. The van der Waals surface area contributed by atoms with Crippen molar-refractivity contribution < 1.29 is 0 Å². The number of hydrogen-bond donors (Lipinski definition) is 1. The minimum absolute atomic E-state index is 0.766. The molecule has 104 valence electrons. The molecule has 0 aliphatic heterocycles. The maximum atomic E-state index is 6.19. The van der Waals surface area contributed by atoms with E-state index in [0.717, 1.165) is 17.5 Å². The van der Waals surface area contributed by atoms with Crippen LogP contribution in [0, 0.1) is 0 Å². The highest BCUT2D eigenvalue weighted by atomic mass is 35.5. The predicted octanol–water partition coefficient (Wildman–Crippen LogP) is 4.99. The lowest BCUT2D eigenvalue weighted by molar-refractivity contribution is 0.420. The Bertz CT molecular complexity index is 602. The molecule has 0 heterocycles. The van der Waals surface area contributed by atoms with Crippen molar-refractivity contribution in [1.29, 1.82) is 0 Å². The first-order chi connectivity index (χ1) is 9.78. The molecule has 2 heteroatoms. The summed E-state index contributed by atoms with van der Waals surface area (Å²) in [5, 5.41) is 4.03. The Kier molecular flexibility index (Phi) is 4.09. The third-order valence-corrected chi connectivity index (χ3v) is 4.45. The monoisotopic (exact) mass is 285 g/mol. The number of nitrogens with one attached hydrogen (secondary N) is 1. The molecule has 1 saturated carbocycles. The van der Waals surface area contributed by atoms with Crippen molar-refractivity contribution in [3.8, 4) is 11.1 Å². The maximum Gasteiger partial charge on any atom is 0.0412 e. The van der Waals surface area contributed by atoms with Crippen molar-refractivity contribution in [2.45, 2.75) is 31.7 Å². The van der Waals surface area contributed by atoms with Crippen LogP contribution in [-0.2, 0) is 6.54 Å². The SMILES string of the molecule is CNCc1ccc(Cl)cc1-c1cccc(C2CCC2)c1. The normalized spacial score (nSPS) is 15.1. The van der Waals surface area contributed by atoms with Crippen molar-refractivity contribution in [1.82, 2.24) is 5.32 Å². The number of hydrogen-bond acceptors (Lipinski definition) is 1. The Balaban J connectivity index is 2.00. The first kappa shape index (κ1) is 13.7. The summed E-state index contributed by atoms with van der Waals surface area (Å²) in [4.78, 5) is 0. The van der Waals surface area contributed by atoms with E-state index >= 15 is 0 Å². The van der Waals surface area contributed by atoms with Gasteiger partial charge in [0.05, 0.1) is 0 Å². The average molecular weight is 286 g/mol. The lowest BCUT2D eigenvalue weighted by Crippen LogP contribution is -2.09. The summed E-state index contributed by atoms with van der Waals surface area (Å²) >= 11 is 6.19. The van der Waals surface area contributed by atoms with Crippen LogP contribution in [0.3, 0.4) is 0 Å². The molecule has 0 spiro atoms. The van der Waals surface area contributed by atoms with Crippen LogP contribution in [0.4, 0.5) is 0 Å². The fraction of sp³-hybridized carbons (Fsp3) is 0.333. The van der Waals surface area contributed by atoms with Gasteiger partial charge in [-0.05, 0) is 60.2 Å². The molecule has 1 aliphatic carbocycles. The number of benzene rings is 2. The lowest BCUT2D eigenvalue weighted by Gasteiger charge is -2.26. The summed E-state index contributed by atoms with van der Waals surface area (Å²) in [6.07, 6.45) is 4.04. The van der Waals surface area contributed by atoms with Crippen molar-refractivity contribution in [2.75, 3.05) is 7.05 Å². The Morgan fingerprint density at radius 2 is 2.00 bits per heavy atom. The first-order valence-electron chi connectivity index (χ1n) is 7.31. The minimum atomic E-state index is 0.766. The molecule has 1 aliphatic rings. The quantitative estimate of drug-likeness (QED) is 0.834. The summed E-state index contributed by atoms with van der Waals surface area (Å²) in [7, 11) is 1.98. The van der Waals surface area contributed by atoms with Gasteiger partial charge in [-0.2, -0.15) is 0 Å². The largest absolute Gasteiger partial charge is 0.316 e. The van der Waals surface area contributed by atoms with Crippen LogP contribution < -0.4 is 5.32 Å². The average Bonchev–Trinajstić information content (AvgIpc) is 2.39. The lowest BCUT2D eigenvalue weighted by atomic mass is 9.79. The fourth-order valence-corrected chi connectivity index (χ4v) is 3.04. The predicted molar refractivity (Wildman–Crippen MR) is 86.2 cm³/mol. The Hall–Kier alpha value is -1.31. The second-order valence-corrected chi connectivity index (χ2v) is 6.02. The molecule has 0 bridgehead atoms. The van der Waals surface area contributed by atoms with Gasteiger partial charge in [0.2, 0.25) is 0 Å². The zero-order valence-corrected chi connectivity index (χ0v) is 12.6. The zero-order chi connectivity index (χ0) is 13.9. The molecular weight excluding hydrogens is 266 g/mol. The summed E-state index contributed by atoms with van der Waals surface area (Å²) in [5.41, 5.74) is 5.29. The van der Waals surface area contributed by atoms with E-state index in [9.17, 15) is 0 Å². The van der Waals surface area contributed by atoms with E-state index in [0.29, 0.717) is 0 Å². The summed E-state index contributed by atoms with van der Waals surface area (Å²) in [5.74, 6) is 0.766. The first-order valence-corrected chi connectivity index (χ1v) is 7.69. The van der Waals surface area contributed by atoms with Crippen LogP contribution in [0.25, 0.3) is 11.1 Å². The third kappa shape index (κ3) is 2.74. The van der Waals surface area contributed by atoms with Crippen molar-refractivity contribution >= 4 is 11.6 Å². The van der Waals surface area contributed by atoms with Gasteiger partial charge < -0.3 is 5.32 Å². The molecule has 1 N–H and O–H groups in total. The van der Waals surface area contributed by atoms with E-state index in [1.54, 1.807) is 0 Å². The molecule has 3 rings (SSSR count). The van der Waals surface area contributed by atoms with Gasteiger partial charge in [-0.25, -0.2) is 0 Å². The second-order valence-electron chi connectivity index (χ2n) is 5.59. The molecule has 0 aromatic heterocycles. The van der Waals surface area contributed by atoms with Crippen LogP contribution in [0.1, 0.15) is 36.3 Å². The van der Waals surface area contributed by atoms with Gasteiger partial charge >= 0.3 is 0 Å². The van der Waals surface area contributed by atoms with Crippen LogP contribution in [0.2, 0.25) is 5.02 Å². The standard InChI is InChI=1S/C18H20ClN/c1-20-12-16-8-9-17(19)11-18(16)15-7-3-6-14(10-15)13-4-2-5-13/h3,6-11,13,20H,2,4-5,12H2,1H3. The topological polar surface area (TPSA) is 12.0 Å². The minimum Gasteiger partial charge on any atom is -0.316 e.